The smallest absolute Gasteiger partial charge is 0.350 e. The Morgan fingerprint density at radius 1 is 1.06 bits per heavy atom. The molecule has 1 aromatic rings. The molecule has 2 amide bonds. The van der Waals surface area contributed by atoms with Gasteiger partial charge in [0.05, 0.1) is 6.54 Å². The van der Waals surface area contributed by atoms with Crippen molar-refractivity contribution >= 4 is 11.8 Å². The molecule has 0 spiro atoms. The molecule has 1 aromatic carbocycles. The summed E-state index contributed by atoms with van der Waals surface area (Å²) in [6.07, 6.45) is -4.97. The number of carbonyl (C=O) groups excluding carboxylic acids is 2. The van der Waals surface area contributed by atoms with Crippen LogP contribution in [0.5, 0.6) is 0 Å². The van der Waals surface area contributed by atoms with Crippen LogP contribution in [0.2, 0.25) is 0 Å². The lowest BCUT2D eigenvalue weighted by Crippen LogP contribution is -2.42. The number of carbonyl (C=O) groups is 2. The van der Waals surface area contributed by atoms with Crippen molar-refractivity contribution in [2.24, 2.45) is 0 Å². The maximum atomic E-state index is 11.8. The maximum Gasteiger partial charge on any atom is 0.471 e. The zero-order chi connectivity index (χ0) is 13.6. The molecular weight excluding hydrogens is 249 g/mol. The molecule has 0 atom stereocenters. The van der Waals surface area contributed by atoms with E-state index < -0.39 is 24.5 Å². The monoisotopic (exact) mass is 260 g/mol. The summed E-state index contributed by atoms with van der Waals surface area (Å²) in [5.41, 5.74) is 0.813. The second kappa shape index (κ2) is 6.04. The fraction of sp³-hybridized carbons (Fsp3) is 0.273. The van der Waals surface area contributed by atoms with Crippen LogP contribution in [0.3, 0.4) is 0 Å². The van der Waals surface area contributed by atoms with Gasteiger partial charge in [0, 0.05) is 6.54 Å². The van der Waals surface area contributed by atoms with Crippen LogP contribution >= 0.6 is 0 Å². The average Bonchev–Trinajstić information content (AvgIpc) is 2.33. The molecule has 0 aliphatic carbocycles. The van der Waals surface area contributed by atoms with E-state index in [1.54, 1.807) is 30.3 Å². The van der Waals surface area contributed by atoms with Gasteiger partial charge in [-0.05, 0) is 5.56 Å². The lowest BCUT2D eigenvalue weighted by atomic mass is 10.2. The highest BCUT2D eigenvalue weighted by atomic mass is 19.4. The topological polar surface area (TPSA) is 58.2 Å². The standard InChI is InChI=1S/C11H11F3N2O2/c12-11(13,14)10(18)16-7-9(17)15-6-8-4-2-1-3-5-8/h1-5H,6-7H2,(H,15,17)(H,16,18). The van der Waals surface area contributed by atoms with Crippen LogP contribution in [0, 0.1) is 0 Å². The van der Waals surface area contributed by atoms with Crippen molar-refractivity contribution in [1.82, 2.24) is 10.6 Å². The van der Waals surface area contributed by atoms with Gasteiger partial charge in [-0.2, -0.15) is 13.2 Å². The first kappa shape index (κ1) is 14.0. The quantitative estimate of drug-likeness (QED) is 0.848. The Balaban J connectivity index is 2.29. The second-order valence-corrected chi connectivity index (χ2v) is 3.44. The van der Waals surface area contributed by atoms with Crippen molar-refractivity contribution in [3.8, 4) is 0 Å². The Hall–Kier alpha value is -2.05. The van der Waals surface area contributed by atoms with Gasteiger partial charge in [-0.1, -0.05) is 30.3 Å². The molecule has 1 rings (SSSR count). The summed E-state index contributed by atoms with van der Waals surface area (Å²) in [7, 11) is 0. The summed E-state index contributed by atoms with van der Waals surface area (Å²) < 4.78 is 35.4. The third kappa shape index (κ3) is 4.86. The van der Waals surface area contributed by atoms with Crippen molar-refractivity contribution < 1.29 is 22.8 Å². The molecule has 7 heteroatoms. The molecule has 0 aliphatic heterocycles. The minimum absolute atomic E-state index is 0.196. The molecule has 0 saturated heterocycles. The number of alkyl halides is 3. The Morgan fingerprint density at radius 3 is 2.22 bits per heavy atom. The molecule has 18 heavy (non-hydrogen) atoms. The van der Waals surface area contributed by atoms with E-state index in [0.29, 0.717) is 0 Å². The van der Waals surface area contributed by atoms with Gasteiger partial charge in [-0.25, -0.2) is 0 Å². The zero-order valence-electron chi connectivity index (χ0n) is 9.25. The number of halogens is 3. The Morgan fingerprint density at radius 2 is 1.67 bits per heavy atom. The number of rotatable bonds is 4. The van der Waals surface area contributed by atoms with E-state index in [2.05, 4.69) is 5.32 Å². The highest BCUT2D eigenvalue weighted by molar-refractivity contribution is 5.87. The van der Waals surface area contributed by atoms with Gasteiger partial charge in [-0.3, -0.25) is 9.59 Å². The van der Waals surface area contributed by atoms with Crippen LogP contribution in [0.15, 0.2) is 30.3 Å². The first-order chi connectivity index (χ1) is 8.39. The average molecular weight is 260 g/mol. The summed E-state index contributed by atoms with van der Waals surface area (Å²) in [6.45, 7) is -0.507. The number of hydrogen-bond donors (Lipinski definition) is 2. The van der Waals surface area contributed by atoms with Gasteiger partial charge >= 0.3 is 12.1 Å². The fourth-order valence-corrected chi connectivity index (χ4v) is 1.12. The highest BCUT2D eigenvalue weighted by Crippen LogP contribution is 2.13. The predicted octanol–water partition coefficient (Wildman–Crippen LogP) is 0.981. The summed E-state index contributed by atoms with van der Waals surface area (Å²) >= 11 is 0. The Labute approximate surface area is 101 Å². The van der Waals surface area contributed by atoms with Crippen molar-refractivity contribution in [2.75, 3.05) is 6.54 Å². The van der Waals surface area contributed by atoms with Crippen molar-refractivity contribution in [1.29, 1.82) is 0 Å². The minimum Gasteiger partial charge on any atom is -0.350 e. The molecule has 0 radical (unpaired) electrons. The van der Waals surface area contributed by atoms with Crippen molar-refractivity contribution in [3.05, 3.63) is 35.9 Å². The van der Waals surface area contributed by atoms with E-state index in [4.69, 9.17) is 0 Å². The van der Waals surface area contributed by atoms with Gasteiger partial charge in [0.25, 0.3) is 0 Å². The van der Waals surface area contributed by atoms with Gasteiger partial charge in [0.2, 0.25) is 5.91 Å². The summed E-state index contributed by atoms with van der Waals surface area (Å²) in [5.74, 6) is -2.81. The van der Waals surface area contributed by atoms with Gasteiger partial charge in [-0.15, -0.1) is 0 Å². The second-order valence-electron chi connectivity index (χ2n) is 3.44. The normalized spacial score (nSPS) is 10.8. The van der Waals surface area contributed by atoms with Crippen LogP contribution < -0.4 is 10.6 Å². The number of amides is 2. The van der Waals surface area contributed by atoms with Crippen LogP contribution in [0.25, 0.3) is 0 Å². The Kier molecular flexibility index (Phi) is 4.70. The molecule has 4 nitrogen and oxygen atoms in total. The maximum absolute atomic E-state index is 11.8. The van der Waals surface area contributed by atoms with Crippen LogP contribution in [-0.4, -0.2) is 24.5 Å². The lowest BCUT2D eigenvalue weighted by molar-refractivity contribution is -0.173. The molecule has 2 N–H and O–H groups in total. The van der Waals surface area contributed by atoms with E-state index in [9.17, 15) is 22.8 Å². The molecule has 0 aliphatic rings. The number of nitrogens with one attached hydrogen (secondary N) is 2. The molecule has 0 aromatic heterocycles. The summed E-state index contributed by atoms with van der Waals surface area (Å²) in [6, 6.07) is 8.86. The third-order valence-electron chi connectivity index (χ3n) is 2.00. The summed E-state index contributed by atoms with van der Waals surface area (Å²) in [4.78, 5) is 21.6. The molecule has 0 saturated carbocycles. The van der Waals surface area contributed by atoms with Gasteiger partial charge in [0.1, 0.15) is 0 Å². The first-order valence-corrected chi connectivity index (χ1v) is 5.05. The SMILES string of the molecule is O=C(CNC(=O)C(F)(F)F)NCc1ccccc1. The van der Waals surface area contributed by atoms with Crippen LogP contribution in [0.4, 0.5) is 13.2 Å². The minimum atomic E-state index is -4.97. The molecule has 0 unspecified atom stereocenters. The van der Waals surface area contributed by atoms with Crippen LogP contribution in [0.1, 0.15) is 5.56 Å². The first-order valence-electron chi connectivity index (χ1n) is 5.05. The highest BCUT2D eigenvalue weighted by Gasteiger charge is 2.38. The number of hydrogen-bond acceptors (Lipinski definition) is 2. The third-order valence-corrected chi connectivity index (χ3v) is 2.00. The zero-order valence-corrected chi connectivity index (χ0v) is 9.25. The van der Waals surface area contributed by atoms with E-state index in [1.807, 2.05) is 0 Å². The summed E-state index contributed by atoms with van der Waals surface area (Å²) in [5, 5.41) is 3.87. The molecule has 0 bridgehead atoms. The van der Waals surface area contributed by atoms with Gasteiger partial charge in [0.15, 0.2) is 0 Å². The predicted molar refractivity (Wildman–Crippen MR) is 57.4 cm³/mol. The number of benzene rings is 1. The molecule has 0 fully saturated rings. The molecule has 0 heterocycles. The lowest BCUT2D eigenvalue weighted by Gasteiger charge is -2.08. The molecule has 98 valence electrons. The van der Waals surface area contributed by atoms with Gasteiger partial charge < -0.3 is 10.6 Å². The van der Waals surface area contributed by atoms with E-state index in [-0.39, 0.29) is 6.54 Å². The van der Waals surface area contributed by atoms with E-state index >= 15 is 0 Å². The Bertz CT molecular complexity index is 418. The van der Waals surface area contributed by atoms with Crippen molar-refractivity contribution in [2.45, 2.75) is 12.7 Å². The molecular formula is C11H11F3N2O2. The van der Waals surface area contributed by atoms with E-state index in [1.165, 1.54) is 5.32 Å². The van der Waals surface area contributed by atoms with Crippen LogP contribution in [-0.2, 0) is 16.1 Å². The fourth-order valence-electron chi connectivity index (χ4n) is 1.12. The van der Waals surface area contributed by atoms with E-state index in [0.717, 1.165) is 5.56 Å². The largest absolute Gasteiger partial charge is 0.471 e. The van der Waals surface area contributed by atoms with Crippen molar-refractivity contribution in [3.63, 3.8) is 0 Å².